The summed E-state index contributed by atoms with van der Waals surface area (Å²) in [4.78, 5) is 4.07. The van der Waals surface area contributed by atoms with Crippen LogP contribution < -0.4 is 5.32 Å². The predicted molar refractivity (Wildman–Crippen MR) is 66.2 cm³/mol. The minimum Gasteiger partial charge on any atom is -0.378 e. The molecule has 1 saturated heterocycles. The van der Waals surface area contributed by atoms with E-state index in [0.29, 0.717) is 25.6 Å². The van der Waals surface area contributed by atoms with Gasteiger partial charge in [0.1, 0.15) is 11.6 Å². The van der Waals surface area contributed by atoms with Gasteiger partial charge in [0.25, 0.3) is 5.89 Å². The molecule has 5 nitrogen and oxygen atoms in total. The monoisotopic (exact) mass is 301 g/mol. The molecule has 0 saturated carbocycles. The van der Waals surface area contributed by atoms with Gasteiger partial charge in [-0.2, -0.15) is 4.98 Å². The lowest BCUT2D eigenvalue weighted by Crippen LogP contribution is -2.35. The van der Waals surface area contributed by atoms with Crippen LogP contribution in [0.5, 0.6) is 0 Å². The van der Waals surface area contributed by atoms with Crippen LogP contribution >= 0.6 is 11.6 Å². The van der Waals surface area contributed by atoms with Crippen molar-refractivity contribution in [1.82, 2.24) is 15.5 Å². The molecule has 3 rings (SSSR count). The summed E-state index contributed by atoms with van der Waals surface area (Å²) < 4.78 is 37.4. The van der Waals surface area contributed by atoms with Crippen LogP contribution in [0.2, 0.25) is 5.02 Å². The summed E-state index contributed by atoms with van der Waals surface area (Å²) in [7, 11) is 0. The van der Waals surface area contributed by atoms with Crippen molar-refractivity contribution >= 4 is 11.6 Å². The van der Waals surface area contributed by atoms with E-state index in [1.807, 2.05) is 0 Å². The predicted octanol–water partition coefficient (Wildman–Crippen LogP) is 2.33. The summed E-state index contributed by atoms with van der Waals surface area (Å²) in [5.74, 6) is -1.23. The molecule has 2 heterocycles. The Bertz CT molecular complexity index is 629. The molecule has 1 atom stereocenters. The molecule has 1 aromatic carbocycles. The summed E-state index contributed by atoms with van der Waals surface area (Å²) >= 11 is 5.49. The van der Waals surface area contributed by atoms with Gasteiger partial charge in [-0.1, -0.05) is 16.8 Å². The number of ether oxygens (including phenoxy) is 1. The maximum absolute atomic E-state index is 13.7. The largest absolute Gasteiger partial charge is 0.378 e. The second-order valence-corrected chi connectivity index (χ2v) is 4.69. The van der Waals surface area contributed by atoms with E-state index >= 15 is 0 Å². The summed E-state index contributed by atoms with van der Waals surface area (Å²) in [5.41, 5.74) is -0.123. The minimum atomic E-state index is -0.748. The van der Waals surface area contributed by atoms with Gasteiger partial charge >= 0.3 is 0 Å². The zero-order valence-electron chi connectivity index (χ0n) is 10.2. The second-order valence-electron chi connectivity index (χ2n) is 4.29. The normalized spacial score (nSPS) is 19.2. The number of rotatable bonds is 2. The first-order valence-corrected chi connectivity index (χ1v) is 6.32. The van der Waals surface area contributed by atoms with Gasteiger partial charge in [-0.05, 0) is 12.1 Å². The van der Waals surface area contributed by atoms with Gasteiger partial charge in [0, 0.05) is 6.54 Å². The van der Waals surface area contributed by atoms with Crippen molar-refractivity contribution in [3.8, 4) is 11.5 Å². The Labute approximate surface area is 117 Å². The van der Waals surface area contributed by atoms with E-state index in [9.17, 15) is 8.78 Å². The smallest absolute Gasteiger partial charge is 0.261 e. The molecule has 0 bridgehead atoms. The van der Waals surface area contributed by atoms with Gasteiger partial charge in [0.2, 0.25) is 0 Å². The van der Waals surface area contributed by atoms with Gasteiger partial charge in [-0.25, -0.2) is 8.78 Å². The summed E-state index contributed by atoms with van der Waals surface area (Å²) in [6.45, 7) is 1.67. The van der Waals surface area contributed by atoms with Gasteiger partial charge in [-0.15, -0.1) is 0 Å². The number of benzene rings is 1. The van der Waals surface area contributed by atoms with Crippen molar-refractivity contribution in [2.24, 2.45) is 0 Å². The topological polar surface area (TPSA) is 60.2 Å². The third-order valence-electron chi connectivity index (χ3n) is 2.92. The maximum atomic E-state index is 13.7. The highest BCUT2D eigenvalue weighted by molar-refractivity contribution is 6.30. The third kappa shape index (κ3) is 2.52. The first-order chi connectivity index (χ1) is 9.65. The van der Waals surface area contributed by atoms with Gasteiger partial charge < -0.3 is 14.6 Å². The van der Waals surface area contributed by atoms with Gasteiger partial charge in [0.05, 0.1) is 29.8 Å². The summed E-state index contributed by atoms with van der Waals surface area (Å²) in [6, 6.07) is 1.58. The Morgan fingerprint density at radius 2 is 2.15 bits per heavy atom. The summed E-state index contributed by atoms with van der Waals surface area (Å²) in [5, 5.41) is 6.60. The van der Waals surface area contributed by atoms with E-state index < -0.39 is 11.6 Å². The van der Waals surface area contributed by atoms with Crippen LogP contribution in [0.3, 0.4) is 0 Å². The van der Waals surface area contributed by atoms with Crippen LogP contribution in [0.25, 0.3) is 11.5 Å². The molecule has 1 unspecified atom stereocenters. The number of halogens is 3. The van der Waals surface area contributed by atoms with Crippen molar-refractivity contribution in [1.29, 1.82) is 0 Å². The van der Waals surface area contributed by atoms with Crippen LogP contribution in [0, 0.1) is 11.6 Å². The first-order valence-electron chi connectivity index (χ1n) is 5.95. The number of nitrogens with zero attached hydrogens (tertiary/aromatic N) is 2. The van der Waals surface area contributed by atoms with E-state index in [4.69, 9.17) is 20.9 Å². The van der Waals surface area contributed by atoms with E-state index in [0.717, 1.165) is 12.1 Å². The molecule has 0 aliphatic carbocycles. The Morgan fingerprint density at radius 3 is 2.90 bits per heavy atom. The molecule has 0 amide bonds. The lowest BCUT2D eigenvalue weighted by atomic mass is 10.2. The highest BCUT2D eigenvalue weighted by Gasteiger charge is 2.23. The Hall–Kier alpha value is -1.57. The lowest BCUT2D eigenvalue weighted by Gasteiger charge is -2.20. The average molecular weight is 302 g/mol. The lowest BCUT2D eigenvalue weighted by molar-refractivity contribution is 0.0734. The quantitative estimate of drug-likeness (QED) is 0.863. The SMILES string of the molecule is Fc1cc(-c2nc(C3COCCN3)no2)c(F)cc1Cl. The van der Waals surface area contributed by atoms with Crippen molar-refractivity contribution in [3.05, 3.63) is 34.6 Å². The van der Waals surface area contributed by atoms with E-state index in [2.05, 4.69) is 15.5 Å². The standard InChI is InChI=1S/C12H10ClF2N3O2/c13-7-4-8(14)6(3-9(7)15)12-17-11(18-20-12)10-5-19-2-1-16-10/h3-4,10,16H,1-2,5H2. The van der Waals surface area contributed by atoms with Crippen LogP contribution in [-0.2, 0) is 4.74 Å². The molecular formula is C12H10ClF2N3O2. The van der Waals surface area contributed by atoms with E-state index in [1.165, 1.54) is 0 Å². The van der Waals surface area contributed by atoms with Gasteiger partial charge in [-0.3, -0.25) is 0 Å². The molecular weight excluding hydrogens is 292 g/mol. The first kappa shape index (κ1) is 13.4. The molecule has 2 aromatic rings. The van der Waals surface area contributed by atoms with Crippen molar-refractivity contribution in [2.45, 2.75) is 6.04 Å². The number of hydrogen-bond acceptors (Lipinski definition) is 5. The molecule has 1 fully saturated rings. The molecule has 1 aliphatic heterocycles. The fourth-order valence-corrected chi connectivity index (χ4v) is 2.05. The van der Waals surface area contributed by atoms with Crippen LogP contribution in [0.1, 0.15) is 11.9 Å². The van der Waals surface area contributed by atoms with Gasteiger partial charge in [0.15, 0.2) is 5.82 Å². The maximum Gasteiger partial charge on any atom is 0.261 e. The zero-order valence-corrected chi connectivity index (χ0v) is 11.0. The molecule has 8 heteroatoms. The molecule has 0 spiro atoms. The number of morpholine rings is 1. The Balaban J connectivity index is 1.91. The van der Waals surface area contributed by atoms with Crippen molar-refractivity contribution in [3.63, 3.8) is 0 Å². The van der Waals surface area contributed by atoms with Crippen LogP contribution in [-0.4, -0.2) is 29.9 Å². The van der Waals surface area contributed by atoms with Crippen molar-refractivity contribution in [2.75, 3.05) is 19.8 Å². The van der Waals surface area contributed by atoms with E-state index in [-0.39, 0.29) is 22.5 Å². The number of nitrogens with one attached hydrogen (secondary N) is 1. The zero-order chi connectivity index (χ0) is 14.1. The fraction of sp³-hybridized carbons (Fsp3) is 0.333. The molecule has 106 valence electrons. The molecule has 1 aliphatic rings. The van der Waals surface area contributed by atoms with Crippen LogP contribution in [0.15, 0.2) is 16.7 Å². The number of hydrogen-bond donors (Lipinski definition) is 1. The highest BCUT2D eigenvalue weighted by atomic mass is 35.5. The average Bonchev–Trinajstić information content (AvgIpc) is 2.93. The highest BCUT2D eigenvalue weighted by Crippen LogP contribution is 2.27. The van der Waals surface area contributed by atoms with E-state index in [1.54, 1.807) is 0 Å². The molecule has 0 radical (unpaired) electrons. The molecule has 1 N–H and O–H groups in total. The molecule has 1 aromatic heterocycles. The fourth-order valence-electron chi connectivity index (χ4n) is 1.90. The third-order valence-corrected chi connectivity index (χ3v) is 3.21. The molecule has 20 heavy (non-hydrogen) atoms. The minimum absolute atomic E-state index is 0.0968. The Kier molecular flexibility index (Phi) is 3.64. The second kappa shape index (κ2) is 5.43. The summed E-state index contributed by atoms with van der Waals surface area (Å²) in [6.07, 6.45) is 0. The Morgan fingerprint density at radius 1 is 1.30 bits per heavy atom. The van der Waals surface area contributed by atoms with Crippen molar-refractivity contribution < 1.29 is 18.0 Å². The van der Waals surface area contributed by atoms with Crippen LogP contribution in [0.4, 0.5) is 8.78 Å². The number of aromatic nitrogens is 2.